The fraction of sp³-hybridized carbons (Fsp3) is 0.485. The molecule has 2 aliphatic heterocycles. The average molecular weight is 647 g/mol. The first-order valence-corrected chi connectivity index (χ1v) is 15.9. The van der Waals surface area contributed by atoms with E-state index in [2.05, 4.69) is 27.8 Å². The maximum Gasteiger partial charge on any atom is 0.393 e. The first kappa shape index (κ1) is 32.9. The van der Waals surface area contributed by atoms with Crippen LogP contribution < -0.4 is 20.7 Å². The number of likely N-dealkylation sites (tertiary alicyclic amines) is 1. The Morgan fingerprint density at radius 1 is 1.20 bits per heavy atom. The topological polar surface area (TPSA) is 74.9 Å². The lowest BCUT2D eigenvalue weighted by Crippen LogP contribution is -2.46. The second kappa shape index (κ2) is 14.3. The number of carbonyl (C=O) groups excluding carboxylic acids is 1. The number of amides is 1. The Kier molecular flexibility index (Phi) is 10.4. The Labute approximate surface area is 264 Å². The van der Waals surface area contributed by atoms with Gasteiger partial charge in [0.25, 0.3) is 5.91 Å². The molecule has 2 fully saturated rings. The highest BCUT2D eigenvalue weighted by Gasteiger charge is 2.32. The first-order chi connectivity index (χ1) is 21.5. The summed E-state index contributed by atoms with van der Waals surface area (Å²) in [4.78, 5) is 15.1. The van der Waals surface area contributed by atoms with Gasteiger partial charge in [-0.1, -0.05) is 24.0 Å². The van der Waals surface area contributed by atoms with Crippen molar-refractivity contribution in [3.63, 3.8) is 0 Å². The minimum atomic E-state index is -4.42. The number of thiophene rings is 1. The van der Waals surface area contributed by atoms with Crippen LogP contribution in [0.3, 0.4) is 0 Å². The lowest BCUT2D eigenvalue weighted by Gasteiger charge is -2.33. The third-order valence-electron chi connectivity index (χ3n) is 8.13. The van der Waals surface area contributed by atoms with E-state index in [0.717, 1.165) is 19.4 Å². The zero-order valence-corrected chi connectivity index (χ0v) is 26.3. The van der Waals surface area contributed by atoms with Crippen molar-refractivity contribution in [3.8, 4) is 17.6 Å². The summed E-state index contributed by atoms with van der Waals surface area (Å²) in [5.74, 6) is 6.13. The molecule has 4 atom stereocenters. The van der Waals surface area contributed by atoms with Gasteiger partial charge in [-0.15, -0.1) is 11.3 Å². The van der Waals surface area contributed by atoms with Crippen LogP contribution in [0.4, 0.5) is 28.9 Å². The number of alkyl halides is 4. The zero-order chi connectivity index (χ0) is 32.1. The second-order valence-corrected chi connectivity index (χ2v) is 12.7. The molecule has 3 N–H and O–H groups in total. The van der Waals surface area contributed by atoms with Gasteiger partial charge in [0.1, 0.15) is 11.9 Å². The number of anilines is 2. The molecule has 0 spiro atoms. The van der Waals surface area contributed by atoms with E-state index in [9.17, 15) is 22.4 Å². The van der Waals surface area contributed by atoms with Crippen molar-refractivity contribution in [2.24, 2.45) is 0 Å². The van der Waals surface area contributed by atoms with Gasteiger partial charge in [-0.25, -0.2) is 4.39 Å². The SMILES string of the molecule is COc1cc(C(=O)NC2CCOC(C)C2)ccc1NCC#Cc1sc2c(NC3CCN(C)CC3F)cccc2c1CC(F)(F)F. The number of hydrogen-bond donors (Lipinski definition) is 3. The minimum absolute atomic E-state index is 0.0400. The zero-order valence-electron chi connectivity index (χ0n) is 25.5. The van der Waals surface area contributed by atoms with E-state index in [4.69, 9.17) is 9.47 Å². The maximum atomic E-state index is 14.7. The number of ether oxygens (including phenoxy) is 2. The smallest absolute Gasteiger partial charge is 0.393 e. The molecule has 2 saturated heterocycles. The van der Waals surface area contributed by atoms with Crippen molar-refractivity contribution in [2.75, 3.05) is 51.0 Å². The fourth-order valence-corrected chi connectivity index (χ4v) is 6.99. The quantitative estimate of drug-likeness (QED) is 0.199. The molecule has 3 aromatic rings. The molecule has 1 aromatic heterocycles. The standard InChI is InChI=1S/C33H38F4N4O3S/c1-20-16-22(12-15-44-20)39-32(42)21-9-10-27(29(17-21)43-3)38-13-5-8-30-24(18-33(35,36)37)23-6-4-7-28(31(23)45-30)40-26-11-14-41(2)19-25(26)34/h4,6-7,9-10,17,20,22,25-26,38,40H,11-16,18-19H2,1-3H3,(H,39,42). The number of benzene rings is 2. The number of fused-ring (bicyclic) bond motifs is 1. The predicted octanol–water partition coefficient (Wildman–Crippen LogP) is 6.23. The number of hydrogen-bond acceptors (Lipinski definition) is 7. The number of piperidine rings is 1. The van der Waals surface area contributed by atoms with Crippen LogP contribution in [-0.2, 0) is 11.2 Å². The van der Waals surface area contributed by atoms with Crippen molar-refractivity contribution in [1.82, 2.24) is 10.2 Å². The van der Waals surface area contributed by atoms with Crippen molar-refractivity contribution < 1.29 is 31.8 Å². The molecular formula is C33H38F4N4O3S. The Hall–Kier alpha value is -3.53. The highest BCUT2D eigenvalue weighted by molar-refractivity contribution is 7.20. The molecule has 0 radical (unpaired) electrons. The van der Waals surface area contributed by atoms with Crippen LogP contribution in [0.25, 0.3) is 10.1 Å². The number of carbonyl (C=O) groups is 1. The monoisotopic (exact) mass is 646 g/mol. The van der Waals surface area contributed by atoms with Gasteiger partial charge in [0.2, 0.25) is 0 Å². The average Bonchev–Trinajstić information content (AvgIpc) is 3.33. The Morgan fingerprint density at radius 3 is 2.76 bits per heavy atom. The van der Waals surface area contributed by atoms with Gasteiger partial charge in [-0.05, 0) is 68.4 Å². The van der Waals surface area contributed by atoms with Crippen LogP contribution in [0.1, 0.15) is 47.0 Å². The van der Waals surface area contributed by atoms with Crippen LogP contribution in [0.2, 0.25) is 0 Å². The van der Waals surface area contributed by atoms with Crippen LogP contribution in [0, 0.1) is 11.8 Å². The summed E-state index contributed by atoms with van der Waals surface area (Å²) in [6.45, 7) is 3.76. The summed E-state index contributed by atoms with van der Waals surface area (Å²) in [5, 5.41) is 9.91. The predicted molar refractivity (Wildman–Crippen MR) is 170 cm³/mol. The molecule has 12 heteroatoms. The summed E-state index contributed by atoms with van der Waals surface area (Å²) in [6, 6.07) is 9.80. The summed E-state index contributed by atoms with van der Waals surface area (Å²) >= 11 is 1.18. The van der Waals surface area contributed by atoms with Gasteiger partial charge < -0.3 is 30.3 Å². The summed E-state index contributed by atoms with van der Waals surface area (Å²) in [6.07, 6.45) is -4.43. The highest BCUT2D eigenvalue weighted by atomic mass is 32.1. The van der Waals surface area contributed by atoms with Gasteiger partial charge in [-0.3, -0.25) is 4.79 Å². The fourth-order valence-electron chi connectivity index (χ4n) is 5.82. The molecule has 4 unspecified atom stereocenters. The summed E-state index contributed by atoms with van der Waals surface area (Å²) < 4.78 is 67.4. The van der Waals surface area contributed by atoms with Crippen LogP contribution in [0.5, 0.6) is 5.75 Å². The third kappa shape index (κ3) is 8.39. The minimum Gasteiger partial charge on any atom is -0.495 e. The molecule has 1 amide bonds. The van der Waals surface area contributed by atoms with Gasteiger partial charge in [0.05, 0.1) is 53.2 Å². The van der Waals surface area contributed by atoms with E-state index < -0.39 is 24.8 Å². The molecule has 0 aliphatic carbocycles. The molecule has 0 bridgehead atoms. The molecule has 242 valence electrons. The Bertz CT molecular complexity index is 1570. The van der Waals surface area contributed by atoms with Crippen LogP contribution in [0.15, 0.2) is 36.4 Å². The number of methoxy groups -OCH3 is 1. The summed E-state index contributed by atoms with van der Waals surface area (Å²) in [5.41, 5.74) is 1.78. The normalized spacial score (nSPS) is 22.4. The third-order valence-corrected chi connectivity index (χ3v) is 9.33. The lowest BCUT2D eigenvalue weighted by molar-refractivity contribution is -0.126. The van der Waals surface area contributed by atoms with Crippen molar-refractivity contribution >= 4 is 38.7 Å². The molecule has 0 saturated carbocycles. The van der Waals surface area contributed by atoms with E-state index in [1.807, 2.05) is 18.9 Å². The van der Waals surface area contributed by atoms with Crippen LogP contribution in [-0.4, -0.2) is 81.7 Å². The van der Waals surface area contributed by atoms with Crippen molar-refractivity contribution in [2.45, 2.75) is 63.1 Å². The molecule has 2 aromatic carbocycles. The van der Waals surface area contributed by atoms with Crippen molar-refractivity contribution in [3.05, 3.63) is 52.4 Å². The number of rotatable bonds is 8. The maximum absolute atomic E-state index is 14.7. The summed E-state index contributed by atoms with van der Waals surface area (Å²) in [7, 11) is 3.36. The Morgan fingerprint density at radius 2 is 2.02 bits per heavy atom. The number of halogens is 4. The van der Waals surface area contributed by atoms with Gasteiger partial charge in [0, 0.05) is 31.3 Å². The van der Waals surface area contributed by atoms with Gasteiger partial charge >= 0.3 is 6.18 Å². The molecule has 5 rings (SSSR count). The van der Waals surface area contributed by atoms with E-state index >= 15 is 0 Å². The molecule has 45 heavy (non-hydrogen) atoms. The second-order valence-electron chi connectivity index (χ2n) is 11.6. The molecule has 7 nitrogen and oxygen atoms in total. The van der Waals surface area contributed by atoms with Gasteiger partial charge in [0.15, 0.2) is 0 Å². The molecule has 2 aliphatic rings. The molecular weight excluding hydrogens is 608 g/mol. The van der Waals surface area contributed by atoms with E-state index in [1.165, 1.54) is 18.4 Å². The van der Waals surface area contributed by atoms with E-state index in [1.54, 1.807) is 36.4 Å². The number of nitrogens with zero attached hydrogens (tertiary/aromatic N) is 1. The van der Waals surface area contributed by atoms with E-state index in [0.29, 0.717) is 57.2 Å². The first-order valence-electron chi connectivity index (χ1n) is 15.0. The lowest BCUT2D eigenvalue weighted by atomic mass is 10.0. The molecule has 3 heterocycles. The Balaban J connectivity index is 1.31. The highest BCUT2D eigenvalue weighted by Crippen LogP contribution is 2.39. The van der Waals surface area contributed by atoms with Gasteiger partial charge in [-0.2, -0.15) is 13.2 Å². The largest absolute Gasteiger partial charge is 0.495 e. The van der Waals surface area contributed by atoms with Crippen LogP contribution >= 0.6 is 11.3 Å². The number of nitrogens with one attached hydrogen (secondary N) is 3. The van der Waals surface area contributed by atoms with Crippen molar-refractivity contribution in [1.29, 1.82) is 0 Å². The van der Waals surface area contributed by atoms with E-state index in [-0.39, 0.29) is 30.2 Å².